The molecular weight excluding hydrogens is 306 g/mol. The van der Waals surface area contributed by atoms with E-state index in [-0.39, 0.29) is 42.3 Å². The number of allylic oxidation sites excluding steroid dienone is 2. The van der Waals surface area contributed by atoms with Gasteiger partial charge >= 0.3 is 0 Å². The number of anilines is 1. The number of ether oxygens (including phenoxy) is 2. The van der Waals surface area contributed by atoms with Crippen molar-refractivity contribution in [3.63, 3.8) is 0 Å². The van der Waals surface area contributed by atoms with Gasteiger partial charge in [-0.25, -0.2) is 4.90 Å². The lowest BCUT2D eigenvalue weighted by Gasteiger charge is -2.19. The van der Waals surface area contributed by atoms with Gasteiger partial charge < -0.3 is 9.47 Å². The first kappa shape index (κ1) is 14.1. The van der Waals surface area contributed by atoms with Crippen molar-refractivity contribution in [1.82, 2.24) is 0 Å². The standard InChI is InChI=1S/C19H19NO4/c1-9(2)15-11-4-5-12(15)17-16(11)18(21)20(19(17)22)10-3-6-13-14(7-10)24-8-23-13/h3,6-7,11-12,16-17H,4-5,8H2,1-2H3/t11-,12-,16+,17+/m0/s1. The van der Waals surface area contributed by atoms with E-state index in [2.05, 4.69) is 13.8 Å². The van der Waals surface area contributed by atoms with Gasteiger partial charge in [-0.2, -0.15) is 0 Å². The van der Waals surface area contributed by atoms with Crippen LogP contribution in [0.4, 0.5) is 5.69 Å². The molecule has 1 saturated heterocycles. The molecule has 4 aliphatic rings. The van der Waals surface area contributed by atoms with E-state index in [0.29, 0.717) is 17.2 Å². The summed E-state index contributed by atoms with van der Waals surface area (Å²) in [7, 11) is 0. The summed E-state index contributed by atoms with van der Waals surface area (Å²) in [5, 5.41) is 0. The van der Waals surface area contributed by atoms with Crippen molar-refractivity contribution in [3.8, 4) is 11.5 Å². The highest BCUT2D eigenvalue weighted by Crippen LogP contribution is 2.60. The SMILES string of the molecule is CC(C)=C1[C@@H]2CC[C@@H]1[C@H]1C(=O)N(c3ccc4c(c3)OCO4)C(=O)[C@@H]12. The monoisotopic (exact) mass is 325 g/mol. The van der Waals surface area contributed by atoms with Crippen LogP contribution in [0.15, 0.2) is 29.3 Å². The first-order valence-corrected chi connectivity index (χ1v) is 8.52. The Morgan fingerprint density at radius 3 is 2.25 bits per heavy atom. The number of nitrogens with zero attached hydrogens (tertiary/aromatic N) is 1. The molecule has 2 aliphatic heterocycles. The number of hydrogen-bond donors (Lipinski definition) is 0. The highest BCUT2D eigenvalue weighted by molar-refractivity contribution is 6.23. The molecule has 2 amide bonds. The predicted octanol–water partition coefficient (Wildman–Crippen LogP) is 2.90. The second kappa shape index (κ2) is 4.62. The molecule has 5 heteroatoms. The lowest BCUT2D eigenvalue weighted by Crippen LogP contribution is -2.33. The quantitative estimate of drug-likeness (QED) is 0.588. The Labute approximate surface area is 140 Å². The van der Waals surface area contributed by atoms with Gasteiger partial charge in [-0.15, -0.1) is 0 Å². The Hall–Kier alpha value is -2.30. The zero-order chi connectivity index (χ0) is 16.6. The van der Waals surface area contributed by atoms with Crippen molar-refractivity contribution in [2.45, 2.75) is 26.7 Å². The summed E-state index contributed by atoms with van der Waals surface area (Å²) in [6.07, 6.45) is 2.06. The molecular formula is C19H19NO4. The van der Waals surface area contributed by atoms with Gasteiger partial charge in [0.15, 0.2) is 11.5 Å². The average molecular weight is 325 g/mol. The average Bonchev–Trinajstić information content (AvgIpc) is 3.29. The van der Waals surface area contributed by atoms with Gasteiger partial charge in [-0.3, -0.25) is 9.59 Å². The molecule has 5 rings (SSSR count). The number of amides is 2. The molecule has 2 saturated carbocycles. The highest BCUT2D eigenvalue weighted by Gasteiger charge is 2.63. The molecule has 5 nitrogen and oxygen atoms in total. The maximum Gasteiger partial charge on any atom is 0.238 e. The van der Waals surface area contributed by atoms with Crippen molar-refractivity contribution in [2.75, 3.05) is 11.7 Å². The zero-order valence-electron chi connectivity index (χ0n) is 13.7. The van der Waals surface area contributed by atoms with Crippen LogP contribution in [0.5, 0.6) is 11.5 Å². The smallest absolute Gasteiger partial charge is 0.238 e. The minimum Gasteiger partial charge on any atom is -0.454 e. The number of rotatable bonds is 1. The van der Waals surface area contributed by atoms with Crippen LogP contribution in [-0.4, -0.2) is 18.6 Å². The lowest BCUT2D eigenvalue weighted by molar-refractivity contribution is -0.123. The third-order valence-electron chi connectivity index (χ3n) is 6.04. The second-order valence-corrected chi connectivity index (χ2v) is 7.35. The normalized spacial score (nSPS) is 32.8. The fourth-order valence-corrected chi connectivity index (χ4v) is 5.27. The minimum atomic E-state index is -0.174. The van der Waals surface area contributed by atoms with Crippen molar-refractivity contribution in [1.29, 1.82) is 0 Å². The van der Waals surface area contributed by atoms with E-state index in [0.717, 1.165) is 12.8 Å². The first-order chi connectivity index (χ1) is 11.6. The van der Waals surface area contributed by atoms with E-state index in [4.69, 9.17) is 9.47 Å². The molecule has 0 N–H and O–H groups in total. The van der Waals surface area contributed by atoms with Crippen molar-refractivity contribution in [3.05, 3.63) is 29.3 Å². The van der Waals surface area contributed by atoms with Crippen LogP contribution in [0.25, 0.3) is 0 Å². The number of fused-ring (bicyclic) bond motifs is 6. The summed E-state index contributed by atoms with van der Waals surface area (Å²) in [5.74, 6) is 1.31. The Morgan fingerprint density at radius 2 is 1.62 bits per heavy atom. The van der Waals surface area contributed by atoms with Gasteiger partial charge in [0.2, 0.25) is 18.6 Å². The summed E-state index contributed by atoms with van der Waals surface area (Å²) in [6, 6.07) is 5.28. The summed E-state index contributed by atoms with van der Waals surface area (Å²) in [4.78, 5) is 27.5. The van der Waals surface area contributed by atoms with Crippen LogP contribution < -0.4 is 14.4 Å². The minimum absolute atomic E-state index is 0.0465. The summed E-state index contributed by atoms with van der Waals surface area (Å²) in [5.41, 5.74) is 3.26. The zero-order valence-corrected chi connectivity index (χ0v) is 13.7. The van der Waals surface area contributed by atoms with Crippen molar-refractivity contribution < 1.29 is 19.1 Å². The molecule has 2 bridgehead atoms. The van der Waals surface area contributed by atoms with E-state index in [9.17, 15) is 9.59 Å². The van der Waals surface area contributed by atoms with Gasteiger partial charge in [0, 0.05) is 6.07 Å². The topological polar surface area (TPSA) is 55.8 Å². The fourth-order valence-electron chi connectivity index (χ4n) is 5.27. The highest BCUT2D eigenvalue weighted by atomic mass is 16.7. The molecule has 1 aromatic rings. The predicted molar refractivity (Wildman–Crippen MR) is 86.6 cm³/mol. The van der Waals surface area contributed by atoms with Crippen molar-refractivity contribution >= 4 is 17.5 Å². The number of benzene rings is 1. The van der Waals surface area contributed by atoms with E-state index < -0.39 is 0 Å². The summed E-state index contributed by atoms with van der Waals surface area (Å²) in [6.45, 7) is 4.39. The van der Waals surface area contributed by atoms with Gasteiger partial charge in [-0.05, 0) is 50.7 Å². The number of carbonyl (C=O) groups is 2. The van der Waals surface area contributed by atoms with Crippen LogP contribution in [-0.2, 0) is 9.59 Å². The third kappa shape index (κ3) is 1.60. The van der Waals surface area contributed by atoms with E-state index >= 15 is 0 Å². The van der Waals surface area contributed by atoms with Gasteiger partial charge in [0.1, 0.15) is 0 Å². The molecule has 2 heterocycles. The summed E-state index contributed by atoms with van der Waals surface area (Å²) >= 11 is 0. The number of imide groups is 1. The van der Waals surface area contributed by atoms with Gasteiger partial charge in [0.25, 0.3) is 0 Å². The lowest BCUT2D eigenvalue weighted by atomic mass is 9.81. The van der Waals surface area contributed by atoms with Crippen LogP contribution in [0, 0.1) is 23.7 Å². The van der Waals surface area contributed by atoms with Gasteiger partial charge in [-0.1, -0.05) is 11.1 Å². The Balaban J connectivity index is 1.55. The Kier molecular flexibility index (Phi) is 2.71. The van der Waals surface area contributed by atoms with E-state index in [1.165, 1.54) is 16.0 Å². The second-order valence-electron chi connectivity index (χ2n) is 7.35. The Morgan fingerprint density at radius 1 is 1.00 bits per heavy atom. The molecule has 3 fully saturated rings. The molecule has 124 valence electrons. The van der Waals surface area contributed by atoms with Crippen LogP contribution in [0.3, 0.4) is 0 Å². The maximum absolute atomic E-state index is 13.1. The van der Waals surface area contributed by atoms with E-state index in [1.807, 2.05) is 0 Å². The molecule has 1 aromatic carbocycles. The number of carbonyl (C=O) groups excluding carboxylic acids is 2. The Bertz CT molecular complexity index is 776. The van der Waals surface area contributed by atoms with Crippen LogP contribution >= 0.6 is 0 Å². The molecule has 0 radical (unpaired) electrons. The molecule has 0 unspecified atom stereocenters. The number of hydrogen-bond acceptors (Lipinski definition) is 4. The molecule has 0 spiro atoms. The fraction of sp³-hybridized carbons (Fsp3) is 0.474. The third-order valence-corrected chi connectivity index (χ3v) is 6.04. The largest absolute Gasteiger partial charge is 0.454 e. The van der Waals surface area contributed by atoms with Gasteiger partial charge in [0.05, 0.1) is 17.5 Å². The van der Waals surface area contributed by atoms with Crippen molar-refractivity contribution in [2.24, 2.45) is 23.7 Å². The first-order valence-electron chi connectivity index (χ1n) is 8.52. The molecule has 24 heavy (non-hydrogen) atoms. The maximum atomic E-state index is 13.1. The molecule has 2 aliphatic carbocycles. The molecule has 0 aromatic heterocycles. The van der Waals surface area contributed by atoms with Crippen LogP contribution in [0.1, 0.15) is 26.7 Å². The summed E-state index contributed by atoms with van der Waals surface area (Å²) < 4.78 is 10.7. The molecule has 4 atom stereocenters. The van der Waals surface area contributed by atoms with Crippen LogP contribution in [0.2, 0.25) is 0 Å². The van der Waals surface area contributed by atoms with E-state index in [1.54, 1.807) is 18.2 Å².